The molecule has 11 heteroatoms. The predicted molar refractivity (Wildman–Crippen MR) is 125 cm³/mol. The average molecular weight is 487 g/mol. The molecule has 2 atom stereocenters. The monoisotopic (exact) mass is 486 g/mol. The van der Waals surface area contributed by atoms with E-state index in [9.17, 15) is 24.2 Å². The van der Waals surface area contributed by atoms with Crippen LogP contribution in [0, 0.1) is 5.82 Å². The molecule has 3 aromatic rings. The van der Waals surface area contributed by atoms with Crippen LogP contribution in [0.4, 0.5) is 4.39 Å². The van der Waals surface area contributed by atoms with Crippen LogP contribution in [-0.4, -0.2) is 64.8 Å². The highest BCUT2D eigenvalue weighted by Gasteiger charge is 2.42. The number of carbonyl (C=O) groups is 1. The Morgan fingerprint density at radius 1 is 1.37 bits per heavy atom. The molecule has 0 aliphatic carbocycles. The minimum Gasteiger partial charge on any atom is -0.505 e. The average Bonchev–Trinajstić information content (AvgIpc) is 2.84. The van der Waals surface area contributed by atoms with E-state index in [2.05, 4.69) is 15.6 Å². The summed E-state index contributed by atoms with van der Waals surface area (Å²) in [6.45, 7) is 1.88. The molecule has 0 spiro atoms. The highest BCUT2D eigenvalue weighted by atomic mass is 19.1. The van der Waals surface area contributed by atoms with Crippen LogP contribution in [-0.2, 0) is 17.7 Å². The molecule has 0 saturated heterocycles. The number of aromatic hydroxyl groups is 1. The second kappa shape index (κ2) is 9.61. The number of likely N-dealkylation sites (N-methyl/N-ethyl adjacent to an activating group) is 1. The first-order valence-corrected chi connectivity index (χ1v) is 11.0. The van der Waals surface area contributed by atoms with E-state index in [0.29, 0.717) is 12.0 Å². The predicted octanol–water partition coefficient (Wildman–Crippen LogP) is 0.897. The fourth-order valence-electron chi connectivity index (χ4n) is 4.20. The molecule has 10 nitrogen and oxygen atoms in total. The third-order valence-corrected chi connectivity index (χ3v) is 6.06. The first kappa shape index (κ1) is 24.6. The number of methoxy groups -OCH3 is 1. The summed E-state index contributed by atoms with van der Waals surface area (Å²) in [4.78, 5) is 30.6. The van der Waals surface area contributed by atoms with E-state index in [4.69, 9.17) is 9.47 Å². The molecule has 1 unspecified atom stereocenters. The van der Waals surface area contributed by atoms with Gasteiger partial charge in [0.1, 0.15) is 28.6 Å². The SMILES string of the molecule is CNC(O)[C@]1(C)Cn2c(=O)c(C(=O)NCCOC)c(O)c3ncc(Cc4ccc(F)cc4)c(c32)O1. The van der Waals surface area contributed by atoms with Crippen LogP contribution < -0.4 is 20.9 Å². The highest BCUT2D eigenvalue weighted by Crippen LogP contribution is 2.40. The highest BCUT2D eigenvalue weighted by molar-refractivity contribution is 6.02. The Morgan fingerprint density at radius 2 is 2.09 bits per heavy atom. The van der Waals surface area contributed by atoms with Gasteiger partial charge >= 0.3 is 0 Å². The standard InChI is InChI=1S/C24H27FN4O6/c1-24(23(33)26-2)12-29-18-17(19(30)16(22(29)32)21(31)27-8-9-34-3)28-11-14(20(18)35-24)10-13-4-6-15(25)7-5-13/h4-7,11,23,26,30,33H,8-10,12H2,1-3H3,(H,27,31)/t23?,24-/m0/s1. The molecule has 0 fully saturated rings. The largest absolute Gasteiger partial charge is 0.505 e. The summed E-state index contributed by atoms with van der Waals surface area (Å²) < 4.78 is 25.8. The Kier molecular flexibility index (Phi) is 6.75. The van der Waals surface area contributed by atoms with Crippen molar-refractivity contribution in [1.82, 2.24) is 20.2 Å². The molecule has 1 aliphatic rings. The number of hydrogen-bond acceptors (Lipinski definition) is 8. The van der Waals surface area contributed by atoms with Crippen molar-refractivity contribution < 1.29 is 28.9 Å². The van der Waals surface area contributed by atoms with E-state index in [1.54, 1.807) is 26.1 Å². The number of amides is 1. The van der Waals surface area contributed by atoms with Gasteiger partial charge in [0, 0.05) is 31.8 Å². The molecule has 1 amide bonds. The lowest BCUT2D eigenvalue weighted by Crippen LogP contribution is -2.57. The summed E-state index contributed by atoms with van der Waals surface area (Å²) in [6, 6.07) is 5.91. The van der Waals surface area contributed by atoms with Gasteiger partial charge in [-0.25, -0.2) is 4.39 Å². The summed E-state index contributed by atoms with van der Waals surface area (Å²) in [6.07, 6.45) is 0.593. The van der Waals surface area contributed by atoms with Crippen LogP contribution in [0.5, 0.6) is 11.5 Å². The Hall–Kier alpha value is -3.54. The van der Waals surface area contributed by atoms with Gasteiger partial charge in [0.05, 0.1) is 13.2 Å². The number of aliphatic hydroxyl groups excluding tert-OH is 1. The van der Waals surface area contributed by atoms with Gasteiger partial charge in [-0.1, -0.05) is 12.1 Å². The number of nitrogens with zero attached hydrogens (tertiary/aromatic N) is 2. The maximum atomic E-state index is 13.5. The molecule has 1 aliphatic heterocycles. The molecule has 3 heterocycles. The number of benzene rings is 1. The lowest BCUT2D eigenvalue weighted by atomic mass is 9.98. The van der Waals surface area contributed by atoms with Crippen LogP contribution in [0.1, 0.15) is 28.4 Å². The lowest BCUT2D eigenvalue weighted by Gasteiger charge is -2.40. The number of hydrogen-bond donors (Lipinski definition) is 4. The smallest absolute Gasteiger partial charge is 0.268 e. The number of halogens is 1. The van der Waals surface area contributed by atoms with Crippen molar-refractivity contribution in [2.24, 2.45) is 0 Å². The van der Waals surface area contributed by atoms with Gasteiger partial charge in [0.2, 0.25) is 0 Å². The van der Waals surface area contributed by atoms with Crippen molar-refractivity contribution in [3.8, 4) is 11.5 Å². The van der Waals surface area contributed by atoms with Gasteiger partial charge in [-0.15, -0.1) is 0 Å². The lowest BCUT2D eigenvalue weighted by molar-refractivity contribution is -0.0705. The van der Waals surface area contributed by atoms with E-state index in [-0.39, 0.29) is 42.3 Å². The van der Waals surface area contributed by atoms with Gasteiger partial charge in [-0.2, -0.15) is 0 Å². The molecular formula is C24H27FN4O6. The zero-order valence-electron chi connectivity index (χ0n) is 19.6. The molecule has 4 rings (SSSR count). The van der Waals surface area contributed by atoms with Gasteiger partial charge < -0.3 is 25.0 Å². The number of nitrogens with one attached hydrogen (secondary N) is 2. The molecule has 4 N–H and O–H groups in total. The summed E-state index contributed by atoms with van der Waals surface area (Å²) in [5.74, 6) is -1.47. The molecule has 1 aromatic carbocycles. The summed E-state index contributed by atoms with van der Waals surface area (Å²) >= 11 is 0. The van der Waals surface area contributed by atoms with Crippen LogP contribution >= 0.6 is 0 Å². The Labute approximate surface area is 200 Å². The van der Waals surface area contributed by atoms with Gasteiger partial charge in [-0.3, -0.25) is 24.5 Å². The molecular weight excluding hydrogens is 459 g/mol. The fourth-order valence-corrected chi connectivity index (χ4v) is 4.20. The maximum Gasteiger partial charge on any atom is 0.268 e. The second-order valence-corrected chi connectivity index (χ2v) is 8.58. The van der Waals surface area contributed by atoms with Crippen molar-refractivity contribution in [1.29, 1.82) is 0 Å². The topological polar surface area (TPSA) is 135 Å². The summed E-state index contributed by atoms with van der Waals surface area (Å²) in [5.41, 5.74) is -0.949. The number of pyridine rings is 2. The first-order valence-electron chi connectivity index (χ1n) is 11.0. The quantitative estimate of drug-likeness (QED) is 0.273. The first-order chi connectivity index (χ1) is 16.7. The number of aromatic nitrogens is 2. The van der Waals surface area contributed by atoms with Crippen LogP contribution in [0.15, 0.2) is 35.3 Å². The maximum absolute atomic E-state index is 13.5. The van der Waals surface area contributed by atoms with E-state index in [1.165, 1.54) is 30.0 Å². The Bertz CT molecular complexity index is 1330. The van der Waals surface area contributed by atoms with E-state index in [1.807, 2.05) is 0 Å². The van der Waals surface area contributed by atoms with Crippen molar-refractivity contribution in [3.05, 3.63) is 63.3 Å². The molecule has 186 valence electrons. The molecule has 2 aromatic heterocycles. The van der Waals surface area contributed by atoms with Crippen LogP contribution in [0.3, 0.4) is 0 Å². The number of aliphatic hydroxyl groups is 1. The Morgan fingerprint density at radius 3 is 2.74 bits per heavy atom. The molecule has 0 radical (unpaired) electrons. The van der Waals surface area contributed by atoms with Crippen molar-refractivity contribution in [2.45, 2.75) is 31.7 Å². The number of carbonyl (C=O) groups excluding carboxylic acids is 1. The van der Waals surface area contributed by atoms with Gasteiger partial charge in [0.15, 0.2) is 17.1 Å². The normalized spacial score (nSPS) is 17.7. The van der Waals surface area contributed by atoms with Crippen LogP contribution in [0.2, 0.25) is 0 Å². The molecule has 35 heavy (non-hydrogen) atoms. The minimum absolute atomic E-state index is 0.0142. The minimum atomic E-state index is -1.29. The van der Waals surface area contributed by atoms with E-state index in [0.717, 1.165) is 5.56 Å². The number of ether oxygens (including phenoxy) is 2. The third-order valence-electron chi connectivity index (χ3n) is 6.06. The zero-order chi connectivity index (χ0) is 25.3. The Balaban J connectivity index is 1.92. The van der Waals surface area contributed by atoms with Crippen LogP contribution in [0.25, 0.3) is 11.0 Å². The molecule has 0 bridgehead atoms. The fraction of sp³-hybridized carbons (Fsp3) is 0.375. The summed E-state index contributed by atoms with van der Waals surface area (Å²) in [5, 5.41) is 26.8. The summed E-state index contributed by atoms with van der Waals surface area (Å²) in [7, 11) is 3.02. The van der Waals surface area contributed by atoms with E-state index < -0.39 is 34.6 Å². The van der Waals surface area contributed by atoms with Crippen molar-refractivity contribution >= 4 is 16.9 Å². The second-order valence-electron chi connectivity index (χ2n) is 8.58. The van der Waals surface area contributed by atoms with Crippen molar-refractivity contribution in [3.63, 3.8) is 0 Å². The van der Waals surface area contributed by atoms with Crippen molar-refractivity contribution in [2.75, 3.05) is 27.3 Å². The zero-order valence-corrected chi connectivity index (χ0v) is 19.6. The van der Waals surface area contributed by atoms with Gasteiger partial charge in [0.25, 0.3) is 11.5 Å². The molecule has 0 saturated carbocycles. The van der Waals surface area contributed by atoms with E-state index >= 15 is 0 Å². The third kappa shape index (κ3) is 4.45. The van der Waals surface area contributed by atoms with Gasteiger partial charge in [-0.05, 0) is 31.7 Å². The number of rotatable bonds is 8.